The summed E-state index contributed by atoms with van der Waals surface area (Å²) in [4.78, 5) is 14.1. The molecular weight excluding hydrogens is 296 g/mol. The summed E-state index contributed by atoms with van der Waals surface area (Å²) in [5.74, 6) is 1.35. The van der Waals surface area contributed by atoms with Crippen LogP contribution < -0.4 is 4.90 Å². The van der Waals surface area contributed by atoms with Gasteiger partial charge in [-0.3, -0.25) is 4.90 Å². The summed E-state index contributed by atoms with van der Waals surface area (Å²) >= 11 is 0. The summed E-state index contributed by atoms with van der Waals surface area (Å²) in [7, 11) is 0. The average molecular weight is 333 g/mol. The van der Waals surface area contributed by atoms with Crippen LogP contribution in [0.25, 0.3) is 0 Å². The van der Waals surface area contributed by atoms with E-state index in [1.807, 2.05) is 12.4 Å². The molecule has 2 aliphatic rings. The van der Waals surface area contributed by atoms with Gasteiger partial charge in [0.2, 0.25) is 0 Å². The van der Waals surface area contributed by atoms with E-state index < -0.39 is 0 Å². The Bertz CT molecular complexity index is 443. The van der Waals surface area contributed by atoms with Crippen LogP contribution in [-0.2, 0) is 0 Å². The van der Waals surface area contributed by atoms with Crippen LogP contribution in [0.4, 0.5) is 5.69 Å². The van der Waals surface area contributed by atoms with Crippen LogP contribution >= 0.6 is 0 Å². The normalized spacial score (nSPS) is 20.0. The fourth-order valence-electron chi connectivity index (χ4n) is 3.58. The predicted molar refractivity (Wildman–Crippen MR) is 103 cm³/mol. The molecule has 3 rings (SSSR count). The zero-order valence-corrected chi connectivity index (χ0v) is 16.2. The molecule has 0 atom stereocenters. The van der Waals surface area contributed by atoms with Crippen LogP contribution in [0.15, 0.2) is 12.4 Å². The first-order valence-corrected chi connectivity index (χ1v) is 9.96. The highest BCUT2D eigenvalue weighted by Crippen LogP contribution is 2.24. The van der Waals surface area contributed by atoms with Gasteiger partial charge in [0.15, 0.2) is 0 Å². The molecule has 0 unspecified atom stereocenters. The van der Waals surface area contributed by atoms with E-state index in [1.165, 1.54) is 57.3 Å². The van der Waals surface area contributed by atoms with Gasteiger partial charge >= 0.3 is 0 Å². The number of rotatable bonds is 3. The molecule has 0 amide bonds. The van der Waals surface area contributed by atoms with Crippen molar-refractivity contribution in [2.75, 3.05) is 31.1 Å². The zero-order chi connectivity index (χ0) is 17.4. The molecule has 0 aromatic carbocycles. The van der Waals surface area contributed by atoms with Gasteiger partial charge in [-0.15, -0.1) is 0 Å². The lowest BCUT2D eigenvalue weighted by molar-refractivity contribution is 0.148. The monoisotopic (exact) mass is 332 g/mol. The molecule has 1 aliphatic heterocycles. The van der Waals surface area contributed by atoms with E-state index in [1.54, 1.807) is 0 Å². The van der Waals surface area contributed by atoms with Gasteiger partial charge < -0.3 is 4.90 Å². The van der Waals surface area contributed by atoms with Gasteiger partial charge in [0.1, 0.15) is 5.82 Å². The topological polar surface area (TPSA) is 32.3 Å². The van der Waals surface area contributed by atoms with Crippen molar-refractivity contribution in [3.8, 4) is 0 Å². The second kappa shape index (κ2) is 9.97. The number of anilines is 1. The molecule has 24 heavy (non-hydrogen) atoms. The van der Waals surface area contributed by atoms with Crippen molar-refractivity contribution in [2.24, 2.45) is 0 Å². The van der Waals surface area contributed by atoms with Gasteiger partial charge in [0.05, 0.1) is 18.1 Å². The lowest BCUT2D eigenvalue weighted by Crippen LogP contribution is -2.50. The van der Waals surface area contributed by atoms with E-state index in [-0.39, 0.29) is 0 Å². The standard InChI is InChI=1S/C17H28N4.C3H8/c1-14(2)17-18-12-16(13-19-17)21-10-8-20(9-11-21)15-6-4-3-5-7-15;1-3-2/h12-15H,3-11H2,1-2H3;3H2,1-2H3. The molecule has 0 spiro atoms. The van der Waals surface area contributed by atoms with Crippen LogP contribution in [0.1, 0.15) is 78.0 Å². The third-order valence-corrected chi connectivity index (χ3v) is 4.95. The molecular formula is C20H36N4. The van der Waals surface area contributed by atoms with Crippen LogP contribution in [0.2, 0.25) is 0 Å². The Balaban J connectivity index is 0.000000647. The Kier molecular flexibility index (Phi) is 7.97. The highest BCUT2D eigenvalue weighted by molar-refractivity contribution is 5.42. The summed E-state index contributed by atoms with van der Waals surface area (Å²) in [5, 5.41) is 0. The van der Waals surface area contributed by atoms with E-state index in [9.17, 15) is 0 Å². The summed E-state index contributed by atoms with van der Waals surface area (Å²) in [6, 6.07) is 0.848. The third-order valence-electron chi connectivity index (χ3n) is 4.95. The fraction of sp³-hybridized carbons (Fsp3) is 0.800. The molecule has 0 bridgehead atoms. The minimum absolute atomic E-state index is 0.405. The second-order valence-corrected chi connectivity index (χ2v) is 7.48. The first kappa shape index (κ1) is 19.2. The number of hydrogen-bond acceptors (Lipinski definition) is 4. The predicted octanol–water partition coefficient (Wildman–Crippen LogP) is 4.47. The van der Waals surface area contributed by atoms with Crippen LogP contribution in [-0.4, -0.2) is 47.1 Å². The fourth-order valence-corrected chi connectivity index (χ4v) is 3.58. The first-order valence-electron chi connectivity index (χ1n) is 9.96. The summed E-state index contributed by atoms with van der Waals surface area (Å²) in [5.41, 5.74) is 1.18. The molecule has 0 radical (unpaired) electrons. The molecule has 4 heteroatoms. The zero-order valence-electron chi connectivity index (χ0n) is 16.2. The highest BCUT2D eigenvalue weighted by Gasteiger charge is 2.25. The van der Waals surface area contributed by atoms with E-state index in [2.05, 4.69) is 47.5 Å². The Hall–Kier alpha value is -1.16. The maximum atomic E-state index is 4.50. The van der Waals surface area contributed by atoms with Crippen molar-refractivity contribution >= 4 is 5.69 Å². The lowest BCUT2D eigenvalue weighted by atomic mass is 9.94. The number of aromatic nitrogens is 2. The molecule has 1 saturated heterocycles. The van der Waals surface area contributed by atoms with Crippen molar-refractivity contribution in [2.45, 2.75) is 78.2 Å². The van der Waals surface area contributed by atoms with Crippen molar-refractivity contribution in [1.29, 1.82) is 0 Å². The van der Waals surface area contributed by atoms with Crippen LogP contribution in [0, 0.1) is 0 Å². The molecule has 0 N–H and O–H groups in total. The first-order chi connectivity index (χ1) is 11.7. The maximum absolute atomic E-state index is 4.50. The average Bonchev–Trinajstić information content (AvgIpc) is 2.63. The summed E-state index contributed by atoms with van der Waals surface area (Å²) in [6.07, 6.45) is 12.4. The SMILES string of the molecule is CC(C)c1ncc(N2CCN(C3CCCCC3)CC2)cn1.CCC. The van der Waals surface area contributed by atoms with Crippen molar-refractivity contribution in [1.82, 2.24) is 14.9 Å². The van der Waals surface area contributed by atoms with Gasteiger partial charge in [0, 0.05) is 38.1 Å². The van der Waals surface area contributed by atoms with Crippen molar-refractivity contribution in [3.63, 3.8) is 0 Å². The Morgan fingerprint density at radius 1 is 0.958 bits per heavy atom. The molecule has 136 valence electrons. The molecule has 4 nitrogen and oxygen atoms in total. The van der Waals surface area contributed by atoms with E-state index in [0.29, 0.717) is 5.92 Å². The highest BCUT2D eigenvalue weighted by atomic mass is 15.3. The van der Waals surface area contributed by atoms with E-state index in [0.717, 1.165) is 25.0 Å². The number of nitrogens with zero attached hydrogens (tertiary/aromatic N) is 4. The molecule has 1 saturated carbocycles. The van der Waals surface area contributed by atoms with Gasteiger partial charge in [-0.1, -0.05) is 53.4 Å². The van der Waals surface area contributed by atoms with Gasteiger partial charge in [-0.05, 0) is 12.8 Å². The molecule has 2 fully saturated rings. The van der Waals surface area contributed by atoms with Gasteiger partial charge in [-0.25, -0.2) is 9.97 Å². The van der Waals surface area contributed by atoms with Gasteiger partial charge in [0.25, 0.3) is 0 Å². The Morgan fingerprint density at radius 3 is 2.00 bits per heavy atom. The van der Waals surface area contributed by atoms with E-state index >= 15 is 0 Å². The lowest BCUT2D eigenvalue weighted by Gasteiger charge is -2.41. The smallest absolute Gasteiger partial charge is 0.130 e. The summed E-state index contributed by atoms with van der Waals surface area (Å²) in [6.45, 7) is 13.1. The summed E-state index contributed by atoms with van der Waals surface area (Å²) < 4.78 is 0. The Labute approximate surface area is 148 Å². The Morgan fingerprint density at radius 2 is 1.50 bits per heavy atom. The molecule has 2 heterocycles. The number of piperazine rings is 1. The minimum atomic E-state index is 0.405. The molecule has 1 aromatic heterocycles. The largest absolute Gasteiger partial charge is 0.366 e. The maximum Gasteiger partial charge on any atom is 0.130 e. The van der Waals surface area contributed by atoms with E-state index in [4.69, 9.17) is 0 Å². The third kappa shape index (κ3) is 5.44. The second-order valence-electron chi connectivity index (χ2n) is 7.48. The van der Waals surface area contributed by atoms with Crippen LogP contribution in [0.3, 0.4) is 0 Å². The number of hydrogen-bond donors (Lipinski definition) is 0. The quantitative estimate of drug-likeness (QED) is 0.817. The molecule has 1 aromatic rings. The van der Waals surface area contributed by atoms with Crippen LogP contribution in [0.5, 0.6) is 0 Å². The van der Waals surface area contributed by atoms with Crippen molar-refractivity contribution < 1.29 is 0 Å². The van der Waals surface area contributed by atoms with Crippen molar-refractivity contribution in [3.05, 3.63) is 18.2 Å². The van der Waals surface area contributed by atoms with Gasteiger partial charge in [-0.2, -0.15) is 0 Å². The minimum Gasteiger partial charge on any atom is -0.366 e. The molecule has 1 aliphatic carbocycles.